The molecule has 1 N–H and O–H groups in total. The normalized spacial score (nSPS) is 9.50. The molecule has 0 atom stereocenters. The van der Waals surface area contributed by atoms with Crippen LogP contribution in [0.15, 0.2) is 10.5 Å². The van der Waals surface area contributed by atoms with E-state index in [-0.39, 0.29) is 5.56 Å². The summed E-state index contributed by atoms with van der Waals surface area (Å²) in [4.78, 5) is 0. The maximum atomic E-state index is 12.8. The number of hydrogen-bond acceptors (Lipinski definition) is 2. The van der Waals surface area contributed by atoms with Gasteiger partial charge in [0.15, 0.2) is 11.6 Å². The van der Waals surface area contributed by atoms with Gasteiger partial charge in [0.2, 0.25) is 0 Å². The summed E-state index contributed by atoms with van der Waals surface area (Å²) in [5.41, 5.74) is 0.512. The zero-order valence-electron chi connectivity index (χ0n) is 6.23. The lowest BCUT2D eigenvalue weighted by atomic mass is 10.1. The third-order valence-corrected chi connectivity index (χ3v) is 2.39. The van der Waals surface area contributed by atoms with Crippen LogP contribution in [0.5, 0.6) is 5.75 Å². The van der Waals surface area contributed by atoms with Gasteiger partial charge in [0.1, 0.15) is 11.6 Å². The Morgan fingerprint density at radius 2 is 2.25 bits per heavy atom. The molecule has 62 valence electrons. The SMILES string of the molecule is Cc1c(Br)cc(F)c(O)c1C#N. The Kier molecular flexibility index (Phi) is 2.34. The van der Waals surface area contributed by atoms with Crippen molar-refractivity contribution in [3.63, 3.8) is 0 Å². The van der Waals surface area contributed by atoms with Crippen LogP contribution in [0, 0.1) is 24.1 Å². The molecule has 0 aliphatic carbocycles. The predicted octanol–water partition coefficient (Wildman–Crippen LogP) is 2.47. The molecule has 0 amide bonds. The van der Waals surface area contributed by atoms with Crippen molar-refractivity contribution >= 4 is 15.9 Å². The van der Waals surface area contributed by atoms with E-state index < -0.39 is 11.6 Å². The van der Waals surface area contributed by atoms with Gasteiger partial charge in [-0.3, -0.25) is 0 Å². The van der Waals surface area contributed by atoms with E-state index in [2.05, 4.69) is 15.9 Å². The number of hydrogen-bond donors (Lipinski definition) is 1. The highest BCUT2D eigenvalue weighted by Crippen LogP contribution is 2.29. The number of phenolic OH excluding ortho intramolecular Hbond substituents is 1. The fourth-order valence-corrected chi connectivity index (χ4v) is 1.24. The maximum absolute atomic E-state index is 12.8. The van der Waals surface area contributed by atoms with E-state index in [9.17, 15) is 4.39 Å². The van der Waals surface area contributed by atoms with Gasteiger partial charge in [0.25, 0.3) is 0 Å². The van der Waals surface area contributed by atoms with E-state index in [1.165, 1.54) is 0 Å². The zero-order chi connectivity index (χ0) is 9.30. The van der Waals surface area contributed by atoms with Gasteiger partial charge in [-0.25, -0.2) is 4.39 Å². The Morgan fingerprint density at radius 3 is 2.75 bits per heavy atom. The minimum atomic E-state index is -0.788. The van der Waals surface area contributed by atoms with Gasteiger partial charge < -0.3 is 5.11 Å². The van der Waals surface area contributed by atoms with Crippen LogP contribution in [-0.4, -0.2) is 5.11 Å². The van der Waals surface area contributed by atoms with E-state index in [1.54, 1.807) is 13.0 Å². The summed E-state index contributed by atoms with van der Waals surface area (Å²) in [6, 6.07) is 2.86. The molecule has 4 heteroatoms. The molecule has 0 aromatic heterocycles. The second kappa shape index (κ2) is 3.11. The number of rotatable bonds is 0. The molecule has 1 aromatic rings. The Balaban J connectivity index is 3.56. The molecule has 1 rings (SSSR count). The summed E-state index contributed by atoms with van der Waals surface area (Å²) < 4.78 is 13.3. The molecule has 0 fully saturated rings. The molecule has 0 unspecified atom stereocenters. The number of nitriles is 1. The molecule has 0 spiro atoms. The zero-order valence-corrected chi connectivity index (χ0v) is 7.81. The lowest BCUT2D eigenvalue weighted by Crippen LogP contribution is -1.88. The smallest absolute Gasteiger partial charge is 0.169 e. The summed E-state index contributed by atoms with van der Waals surface area (Å²) >= 11 is 3.07. The summed E-state index contributed by atoms with van der Waals surface area (Å²) in [6.45, 7) is 1.63. The van der Waals surface area contributed by atoms with Crippen LogP contribution in [0.1, 0.15) is 11.1 Å². The number of nitrogens with zero attached hydrogens (tertiary/aromatic N) is 1. The second-order valence-electron chi connectivity index (χ2n) is 2.30. The summed E-state index contributed by atoms with van der Waals surface area (Å²) in [7, 11) is 0. The summed E-state index contributed by atoms with van der Waals surface area (Å²) in [5.74, 6) is -1.37. The van der Waals surface area contributed by atoms with E-state index in [0.29, 0.717) is 10.0 Å². The number of halogens is 2. The average molecular weight is 230 g/mol. The Bertz CT molecular complexity index is 344. The van der Waals surface area contributed by atoms with Gasteiger partial charge in [-0.1, -0.05) is 15.9 Å². The molecular formula is C8H5BrFNO. The fraction of sp³-hybridized carbons (Fsp3) is 0.125. The van der Waals surface area contributed by atoms with Crippen LogP contribution in [0.25, 0.3) is 0 Å². The van der Waals surface area contributed by atoms with Crippen molar-refractivity contribution < 1.29 is 9.50 Å². The first-order valence-electron chi connectivity index (χ1n) is 3.15. The fourth-order valence-electron chi connectivity index (χ4n) is 0.841. The standard InChI is InChI=1S/C8H5BrFNO/c1-4-5(3-11)8(12)7(10)2-6(4)9/h2,12H,1H3. The average Bonchev–Trinajstić information content (AvgIpc) is 2.02. The quantitative estimate of drug-likeness (QED) is 0.743. The molecule has 12 heavy (non-hydrogen) atoms. The van der Waals surface area contributed by atoms with Crippen molar-refractivity contribution in [2.24, 2.45) is 0 Å². The van der Waals surface area contributed by atoms with Crippen molar-refractivity contribution in [3.8, 4) is 11.8 Å². The predicted molar refractivity (Wildman–Crippen MR) is 45.2 cm³/mol. The van der Waals surface area contributed by atoms with E-state index in [1.807, 2.05) is 0 Å². The first-order chi connectivity index (χ1) is 5.57. The van der Waals surface area contributed by atoms with Gasteiger partial charge in [-0.15, -0.1) is 0 Å². The highest BCUT2D eigenvalue weighted by atomic mass is 79.9. The van der Waals surface area contributed by atoms with Gasteiger partial charge in [-0.2, -0.15) is 5.26 Å². The first kappa shape index (κ1) is 9.01. The topological polar surface area (TPSA) is 44.0 Å². The molecule has 0 aliphatic heterocycles. The van der Waals surface area contributed by atoms with Crippen molar-refractivity contribution in [2.75, 3.05) is 0 Å². The van der Waals surface area contributed by atoms with Gasteiger partial charge in [0, 0.05) is 4.47 Å². The molecular weight excluding hydrogens is 225 g/mol. The lowest BCUT2D eigenvalue weighted by molar-refractivity contribution is 0.430. The van der Waals surface area contributed by atoms with Gasteiger partial charge in [-0.05, 0) is 18.6 Å². The molecule has 0 radical (unpaired) electrons. The maximum Gasteiger partial charge on any atom is 0.169 e. The lowest BCUT2D eigenvalue weighted by Gasteiger charge is -2.03. The molecule has 0 bridgehead atoms. The van der Waals surface area contributed by atoms with E-state index in [4.69, 9.17) is 10.4 Å². The van der Waals surface area contributed by atoms with Gasteiger partial charge in [0.05, 0.1) is 0 Å². The van der Waals surface area contributed by atoms with Crippen LogP contribution in [0.2, 0.25) is 0 Å². The second-order valence-corrected chi connectivity index (χ2v) is 3.15. The number of phenols is 1. The molecule has 1 aromatic carbocycles. The van der Waals surface area contributed by atoms with Crippen molar-refractivity contribution in [1.29, 1.82) is 5.26 Å². The Morgan fingerprint density at radius 1 is 1.67 bits per heavy atom. The molecule has 0 heterocycles. The van der Waals surface area contributed by atoms with Crippen molar-refractivity contribution in [1.82, 2.24) is 0 Å². The van der Waals surface area contributed by atoms with Crippen LogP contribution < -0.4 is 0 Å². The summed E-state index contributed by atoms with van der Waals surface area (Å²) in [5, 5.41) is 17.6. The molecule has 0 aliphatic rings. The number of aromatic hydroxyl groups is 1. The van der Waals surface area contributed by atoms with Gasteiger partial charge >= 0.3 is 0 Å². The van der Waals surface area contributed by atoms with Crippen LogP contribution in [0.4, 0.5) is 4.39 Å². The molecule has 0 saturated carbocycles. The molecule has 2 nitrogen and oxygen atoms in total. The van der Waals surface area contributed by atoms with Crippen molar-refractivity contribution in [3.05, 3.63) is 27.5 Å². The van der Waals surface area contributed by atoms with Crippen LogP contribution in [0.3, 0.4) is 0 Å². The Labute approximate surface area is 77.4 Å². The number of benzene rings is 1. The monoisotopic (exact) mass is 229 g/mol. The largest absolute Gasteiger partial charge is 0.504 e. The third kappa shape index (κ3) is 1.28. The summed E-state index contributed by atoms with van der Waals surface area (Å²) in [6.07, 6.45) is 0. The highest BCUT2D eigenvalue weighted by molar-refractivity contribution is 9.10. The minimum absolute atomic E-state index is 0.0260. The van der Waals surface area contributed by atoms with E-state index in [0.717, 1.165) is 6.07 Å². The van der Waals surface area contributed by atoms with Crippen LogP contribution in [-0.2, 0) is 0 Å². The third-order valence-electron chi connectivity index (χ3n) is 1.56. The minimum Gasteiger partial charge on any atom is -0.504 e. The molecule has 0 saturated heterocycles. The Hall–Kier alpha value is -1.08. The highest BCUT2D eigenvalue weighted by Gasteiger charge is 2.12. The first-order valence-corrected chi connectivity index (χ1v) is 3.95. The van der Waals surface area contributed by atoms with Crippen molar-refractivity contribution in [2.45, 2.75) is 6.92 Å². The van der Waals surface area contributed by atoms with Crippen LogP contribution >= 0.6 is 15.9 Å². The van der Waals surface area contributed by atoms with E-state index >= 15 is 0 Å².